The number of unbranched alkanes of at least 4 members (excludes halogenated alkanes) is 1. The van der Waals surface area contributed by atoms with Gasteiger partial charge in [-0.25, -0.2) is 0 Å². The van der Waals surface area contributed by atoms with Crippen LogP contribution < -0.4 is 0 Å². The van der Waals surface area contributed by atoms with Gasteiger partial charge in [0.25, 0.3) is 0 Å². The first kappa shape index (κ1) is 15.0. The van der Waals surface area contributed by atoms with Crippen molar-refractivity contribution in [1.29, 1.82) is 5.41 Å². The fraction of sp³-hybridized carbons (Fsp3) is 0.588. The highest BCUT2D eigenvalue weighted by Gasteiger charge is 2.34. The number of phenolic OH excluding ortho intramolecular Hbond substituents is 1. The van der Waals surface area contributed by atoms with Gasteiger partial charge in [0.2, 0.25) is 0 Å². The Hall–Kier alpha value is -1.35. The SMILES string of the molecule is N=CCCCC1(CO)CCC(c2ccc(O)cc2)CC1. The Bertz CT molecular complexity index is 419. The summed E-state index contributed by atoms with van der Waals surface area (Å²) in [5.41, 5.74) is 1.38. The van der Waals surface area contributed by atoms with Gasteiger partial charge in [0, 0.05) is 6.61 Å². The van der Waals surface area contributed by atoms with Crippen LogP contribution >= 0.6 is 0 Å². The minimum absolute atomic E-state index is 0.0798. The maximum absolute atomic E-state index is 9.74. The summed E-state index contributed by atoms with van der Waals surface area (Å²) in [7, 11) is 0. The second kappa shape index (κ2) is 6.89. The quantitative estimate of drug-likeness (QED) is 0.545. The van der Waals surface area contributed by atoms with E-state index in [1.54, 1.807) is 12.1 Å². The van der Waals surface area contributed by atoms with Crippen LogP contribution in [0.4, 0.5) is 0 Å². The molecular formula is C17H25NO2. The molecule has 0 bridgehead atoms. The molecule has 0 saturated heterocycles. The molecule has 1 aliphatic carbocycles. The molecule has 3 N–H and O–H groups in total. The van der Waals surface area contributed by atoms with Gasteiger partial charge in [-0.1, -0.05) is 12.1 Å². The third-order valence-corrected chi connectivity index (χ3v) is 4.80. The first-order valence-corrected chi connectivity index (χ1v) is 7.58. The Balaban J connectivity index is 1.92. The highest BCUT2D eigenvalue weighted by atomic mass is 16.3. The third-order valence-electron chi connectivity index (χ3n) is 4.80. The van der Waals surface area contributed by atoms with E-state index in [0.717, 1.165) is 44.9 Å². The number of nitrogens with one attached hydrogen (secondary N) is 1. The predicted octanol–water partition coefficient (Wildman–Crippen LogP) is 3.85. The molecule has 1 aliphatic rings. The zero-order chi connectivity index (χ0) is 14.4. The van der Waals surface area contributed by atoms with Crippen LogP contribution in [0.25, 0.3) is 0 Å². The number of rotatable bonds is 6. The Morgan fingerprint density at radius 2 is 1.85 bits per heavy atom. The smallest absolute Gasteiger partial charge is 0.115 e. The molecule has 0 aromatic heterocycles. The highest BCUT2D eigenvalue weighted by molar-refractivity contribution is 5.52. The molecule has 1 fully saturated rings. The standard InChI is InChI=1S/C17H25NO2/c18-12-2-1-9-17(13-19)10-7-15(8-11-17)14-3-5-16(20)6-4-14/h3-6,12,15,18-20H,1-2,7-11,13H2. The van der Waals surface area contributed by atoms with Crippen molar-refractivity contribution in [3.8, 4) is 5.75 Å². The lowest BCUT2D eigenvalue weighted by Crippen LogP contribution is -2.30. The van der Waals surface area contributed by atoms with Crippen molar-refractivity contribution in [1.82, 2.24) is 0 Å². The van der Waals surface area contributed by atoms with Crippen molar-refractivity contribution in [2.75, 3.05) is 6.61 Å². The molecule has 1 saturated carbocycles. The van der Waals surface area contributed by atoms with Crippen molar-refractivity contribution in [2.24, 2.45) is 5.41 Å². The monoisotopic (exact) mass is 275 g/mol. The summed E-state index contributed by atoms with van der Waals surface area (Å²) in [5, 5.41) is 26.2. The molecule has 0 amide bonds. The fourth-order valence-corrected chi connectivity index (χ4v) is 3.38. The van der Waals surface area contributed by atoms with Crippen LogP contribution in [0.2, 0.25) is 0 Å². The molecule has 3 nitrogen and oxygen atoms in total. The number of aromatic hydroxyl groups is 1. The van der Waals surface area contributed by atoms with Gasteiger partial charge in [-0.05, 0) is 80.2 Å². The Morgan fingerprint density at radius 1 is 1.20 bits per heavy atom. The average Bonchev–Trinajstić information content (AvgIpc) is 2.49. The Kier molecular flexibility index (Phi) is 5.18. The minimum atomic E-state index is 0.0798. The Labute approximate surface area is 121 Å². The molecule has 1 aromatic carbocycles. The normalized spacial score (nSPS) is 26.4. The second-order valence-corrected chi connectivity index (χ2v) is 6.12. The van der Waals surface area contributed by atoms with Crippen molar-refractivity contribution < 1.29 is 10.2 Å². The largest absolute Gasteiger partial charge is 0.508 e. The van der Waals surface area contributed by atoms with E-state index in [2.05, 4.69) is 0 Å². The molecule has 110 valence electrons. The number of phenols is 1. The van der Waals surface area contributed by atoms with E-state index >= 15 is 0 Å². The van der Waals surface area contributed by atoms with Gasteiger partial charge in [-0.15, -0.1) is 0 Å². The first-order chi connectivity index (χ1) is 9.69. The number of aliphatic hydroxyl groups is 1. The molecule has 0 unspecified atom stereocenters. The van der Waals surface area contributed by atoms with Crippen LogP contribution in [0.3, 0.4) is 0 Å². The Morgan fingerprint density at radius 3 is 2.40 bits per heavy atom. The van der Waals surface area contributed by atoms with Crippen molar-refractivity contribution >= 4 is 6.21 Å². The predicted molar refractivity (Wildman–Crippen MR) is 81.5 cm³/mol. The lowest BCUT2D eigenvalue weighted by Gasteiger charge is -2.39. The number of aliphatic hydroxyl groups excluding tert-OH is 1. The van der Waals surface area contributed by atoms with Crippen LogP contribution in [-0.2, 0) is 0 Å². The number of hydrogen-bond acceptors (Lipinski definition) is 3. The molecule has 0 aliphatic heterocycles. The van der Waals surface area contributed by atoms with E-state index in [-0.39, 0.29) is 12.0 Å². The van der Waals surface area contributed by atoms with Gasteiger partial charge >= 0.3 is 0 Å². The number of hydrogen-bond donors (Lipinski definition) is 3. The summed E-state index contributed by atoms with van der Waals surface area (Å²) < 4.78 is 0. The minimum Gasteiger partial charge on any atom is -0.508 e. The van der Waals surface area contributed by atoms with Gasteiger partial charge in [-0.3, -0.25) is 0 Å². The fourth-order valence-electron chi connectivity index (χ4n) is 3.38. The number of benzene rings is 1. The summed E-state index contributed by atoms with van der Waals surface area (Å²) in [5.74, 6) is 0.874. The van der Waals surface area contributed by atoms with Crippen LogP contribution in [0, 0.1) is 10.8 Å². The molecule has 0 radical (unpaired) electrons. The summed E-state index contributed by atoms with van der Waals surface area (Å²) in [4.78, 5) is 0. The molecule has 2 rings (SSSR count). The lowest BCUT2D eigenvalue weighted by molar-refractivity contribution is 0.0657. The van der Waals surface area contributed by atoms with Crippen molar-refractivity contribution in [3.63, 3.8) is 0 Å². The molecule has 0 atom stereocenters. The van der Waals surface area contributed by atoms with Gasteiger partial charge < -0.3 is 15.6 Å². The van der Waals surface area contributed by atoms with Gasteiger partial charge in [0.15, 0.2) is 0 Å². The maximum atomic E-state index is 9.74. The van der Waals surface area contributed by atoms with Gasteiger partial charge in [-0.2, -0.15) is 0 Å². The zero-order valence-corrected chi connectivity index (χ0v) is 12.0. The third kappa shape index (κ3) is 3.60. The van der Waals surface area contributed by atoms with Crippen molar-refractivity contribution in [2.45, 2.75) is 50.9 Å². The first-order valence-electron chi connectivity index (χ1n) is 7.58. The molecule has 0 heterocycles. The van der Waals surface area contributed by atoms with Crippen LogP contribution in [0.5, 0.6) is 5.75 Å². The zero-order valence-electron chi connectivity index (χ0n) is 12.0. The van der Waals surface area contributed by atoms with E-state index in [4.69, 9.17) is 5.41 Å². The van der Waals surface area contributed by atoms with Crippen LogP contribution in [0.1, 0.15) is 56.4 Å². The molecule has 3 heteroatoms. The summed E-state index contributed by atoms with van der Waals surface area (Å²) in [6.45, 7) is 0.271. The maximum Gasteiger partial charge on any atom is 0.115 e. The molecule has 1 aromatic rings. The van der Waals surface area contributed by atoms with E-state index in [9.17, 15) is 10.2 Å². The van der Waals surface area contributed by atoms with E-state index in [1.807, 2.05) is 12.1 Å². The topological polar surface area (TPSA) is 64.3 Å². The molecule has 0 spiro atoms. The van der Waals surface area contributed by atoms with Crippen LogP contribution in [0.15, 0.2) is 24.3 Å². The molecular weight excluding hydrogens is 250 g/mol. The summed E-state index contributed by atoms with van der Waals surface area (Å²) in [6.07, 6.45) is 8.66. The average molecular weight is 275 g/mol. The van der Waals surface area contributed by atoms with E-state index < -0.39 is 0 Å². The van der Waals surface area contributed by atoms with Crippen molar-refractivity contribution in [3.05, 3.63) is 29.8 Å². The van der Waals surface area contributed by atoms with Gasteiger partial charge in [0.1, 0.15) is 5.75 Å². The van der Waals surface area contributed by atoms with E-state index in [0.29, 0.717) is 11.7 Å². The second-order valence-electron chi connectivity index (χ2n) is 6.12. The summed E-state index contributed by atoms with van der Waals surface area (Å²) in [6, 6.07) is 7.54. The van der Waals surface area contributed by atoms with E-state index in [1.165, 1.54) is 11.8 Å². The van der Waals surface area contributed by atoms with Crippen LogP contribution in [-0.4, -0.2) is 23.0 Å². The summed E-state index contributed by atoms with van der Waals surface area (Å²) >= 11 is 0. The molecule has 20 heavy (non-hydrogen) atoms. The lowest BCUT2D eigenvalue weighted by atomic mass is 9.67. The highest BCUT2D eigenvalue weighted by Crippen LogP contribution is 2.45. The van der Waals surface area contributed by atoms with Gasteiger partial charge in [0.05, 0.1) is 0 Å².